The average Bonchev–Trinajstić information content (AvgIpc) is 3.22. The fraction of sp³-hybridized carbons (Fsp3) is 0.409. The number of carbonyl (C=O) groups is 1. The lowest BCUT2D eigenvalue weighted by molar-refractivity contribution is 0.0730. The zero-order valence-corrected chi connectivity index (χ0v) is 17.4. The summed E-state index contributed by atoms with van der Waals surface area (Å²) in [5, 5.41) is 2.99. The van der Waals surface area contributed by atoms with Crippen molar-refractivity contribution in [3.8, 4) is 0 Å². The van der Waals surface area contributed by atoms with E-state index in [1.54, 1.807) is 12.1 Å². The molecule has 7 heteroatoms. The van der Waals surface area contributed by atoms with Crippen molar-refractivity contribution in [2.45, 2.75) is 37.1 Å². The Morgan fingerprint density at radius 1 is 1.07 bits per heavy atom. The van der Waals surface area contributed by atoms with Crippen LogP contribution in [0, 0.1) is 0 Å². The largest absolute Gasteiger partial charge is 0.379 e. The third-order valence-corrected chi connectivity index (χ3v) is 7.57. The van der Waals surface area contributed by atoms with Crippen LogP contribution in [-0.2, 0) is 27.6 Å². The van der Waals surface area contributed by atoms with Crippen LogP contribution in [-0.4, -0.2) is 44.9 Å². The first-order valence-electron chi connectivity index (χ1n) is 10.1. The quantitative estimate of drug-likeness (QED) is 0.816. The van der Waals surface area contributed by atoms with Crippen molar-refractivity contribution >= 4 is 15.9 Å². The van der Waals surface area contributed by atoms with E-state index in [2.05, 4.69) is 23.5 Å². The van der Waals surface area contributed by atoms with Gasteiger partial charge in [0.25, 0.3) is 5.91 Å². The van der Waals surface area contributed by atoms with Crippen molar-refractivity contribution in [3.63, 3.8) is 0 Å². The highest BCUT2D eigenvalue weighted by Gasteiger charge is 2.27. The van der Waals surface area contributed by atoms with E-state index in [1.807, 2.05) is 6.92 Å². The summed E-state index contributed by atoms with van der Waals surface area (Å²) >= 11 is 0. The first-order valence-corrected chi connectivity index (χ1v) is 11.5. The number of nitrogens with zero attached hydrogens (tertiary/aromatic N) is 1. The molecule has 0 saturated carbocycles. The van der Waals surface area contributed by atoms with Gasteiger partial charge in [0.2, 0.25) is 10.0 Å². The summed E-state index contributed by atoms with van der Waals surface area (Å²) in [4.78, 5) is 12.9. The van der Waals surface area contributed by atoms with Crippen molar-refractivity contribution < 1.29 is 17.9 Å². The summed E-state index contributed by atoms with van der Waals surface area (Å²) in [5.74, 6) is -0.281. The first kappa shape index (κ1) is 20.1. The molecule has 1 amide bonds. The predicted octanol–water partition coefficient (Wildman–Crippen LogP) is 2.69. The molecule has 1 heterocycles. The summed E-state index contributed by atoms with van der Waals surface area (Å²) in [6.07, 6.45) is 3.40. The second-order valence-electron chi connectivity index (χ2n) is 7.62. The van der Waals surface area contributed by atoms with Gasteiger partial charge in [-0.05, 0) is 61.1 Å². The molecule has 4 rings (SSSR count). The minimum atomic E-state index is -3.63. The Bertz CT molecular complexity index is 1010. The summed E-state index contributed by atoms with van der Waals surface area (Å²) < 4.78 is 32.3. The van der Waals surface area contributed by atoms with E-state index in [0.29, 0.717) is 31.9 Å². The van der Waals surface area contributed by atoms with Gasteiger partial charge in [0.1, 0.15) is 0 Å². The van der Waals surface area contributed by atoms with Gasteiger partial charge in [-0.25, -0.2) is 8.42 Å². The normalized spacial score (nSPS) is 18.2. The molecule has 1 aliphatic carbocycles. The Morgan fingerprint density at radius 3 is 2.62 bits per heavy atom. The van der Waals surface area contributed by atoms with E-state index in [-0.39, 0.29) is 16.8 Å². The summed E-state index contributed by atoms with van der Waals surface area (Å²) in [7, 11) is -3.63. The van der Waals surface area contributed by atoms with Gasteiger partial charge in [-0.15, -0.1) is 0 Å². The Labute approximate surface area is 171 Å². The number of ether oxygens (including phenoxy) is 1. The second kappa shape index (κ2) is 8.26. The minimum Gasteiger partial charge on any atom is -0.379 e. The monoisotopic (exact) mass is 414 g/mol. The number of hydrogen-bond donors (Lipinski definition) is 1. The van der Waals surface area contributed by atoms with Crippen LogP contribution >= 0.6 is 0 Å². The zero-order chi connectivity index (χ0) is 20.4. The van der Waals surface area contributed by atoms with Crippen LogP contribution in [0.25, 0.3) is 0 Å². The third-order valence-electron chi connectivity index (χ3n) is 5.67. The lowest BCUT2D eigenvalue weighted by Crippen LogP contribution is -2.40. The molecule has 0 radical (unpaired) electrons. The predicted molar refractivity (Wildman–Crippen MR) is 110 cm³/mol. The molecule has 1 atom stereocenters. The van der Waals surface area contributed by atoms with E-state index in [0.717, 1.165) is 18.4 Å². The Hall–Kier alpha value is -2.22. The number of carbonyl (C=O) groups excluding carboxylic acids is 1. The number of hydrogen-bond acceptors (Lipinski definition) is 4. The standard InChI is InChI=1S/C22H26N2O4S/c1-16(18-9-8-17-4-2-5-19(17)14-18)23-22(25)20-6-3-7-21(15-20)29(26,27)24-10-12-28-13-11-24/h3,6-9,14-16H,2,4-5,10-13H2,1H3,(H,23,25). The highest BCUT2D eigenvalue weighted by atomic mass is 32.2. The minimum absolute atomic E-state index is 0.136. The van der Waals surface area contributed by atoms with Crippen LogP contribution in [0.15, 0.2) is 47.4 Å². The maximum Gasteiger partial charge on any atom is 0.251 e. The average molecular weight is 415 g/mol. The van der Waals surface area contributed by atoms with Crippen LogP contribution in [0.2, 0.25) is 0 Å². The molecule has 0 spiro atoms. The molecular formula is C22H26N2O4S. The molecule has 29 heavy (non-hydrogen) atoms. The van der Waals surface area contributed by atoms with Crippen molar-refractivity contribution in [1.82, 2.24) is 9.62 Å². The first-order chi connectivity index (χ1) is 13.9. The van der Waals surface area contributed by atoms with Crippen molar-refractivity contribution in [2.24, 2.45) is 0 Å². The molecule has 1 aliphatic heterocycles. The Balaban J connectivity index is 1.50. The zero-order valence-electron chi connectivity index (χ0n) is 16.6. The fourth-order valence-corrected chi connectivity index (χ4v) is 5.41. The number of nitrogens with one attached hydrogen (secondary N) is 1. The van der Waals surface area contributed by atoms with Gasteiger partial charge in [-0.2, -0.15) is 4.31 Å². The van der Waals surface area contributed by atoms with E-state index in [9.17, 15) is 13.2 Å². The maximum atomic E-state index is 12.9. The number of aryl methyl sites for hydroxylation is 2. The molecule has 2 aromatic rings. The molecule has 154 valence electrons. The van der Waals surface area contributed by atoms with Crippen LogP contribution < -0.4 is 5.32 Å². The molecule has 1 N–H and O–H groups in total. The van der Waals surface area contributed by atoms with E-state index < -0.39 is 10.0 Å². The van der Waals surface area contributed by atoms with Gasteiger partial charge in [-0.1, -0.05) is 24.3 Å². The Morgan fingerprint density at radius 2 is 1.83 bits per heavy atom. The molecule has 0 aromatic heterocycles. The van der Waals surface area contributed by atoms with Crippen LogP contribution in [0.1, 0.15) is 46.4 Å². The molecular weight excluding hydrogens is 388 g/mol. The van der Waals surface area contributed by atoms with E-state index in [1.165, 1.54) is 34.0 Å². The Kier molecular flexibility index (Phi) is 5.72. The summed E-state index contributed by atoms with van der Waals surface area (Å²) in [5.41, 5.74) is 4.17. The summed E-state index contributed by atoms with van der Waals surface area (Å²) in [6, 6.07) is 12.5. The molecule has 2 aliphatic rings. The number of amides is 1. The number of sulfonamides is 1. The molecule has 1 fully saturated rings. The third kappa shape index (κ3) is 4.22. The molecule has 6 nitrogen and oxygen atoms in total. The van der Waals surface area contributed by atoms with Crippen LogP contribution in [0.4, 0.5) is 0 Å². The van der Waals surface area contributed by atoms with Gasteiger partial charge >= 0.3 is 0 Å². The number of rotatable bonds is 5. The fourth-order valence-electron chi connectivity index (χ4n) is 3.96. The van der Waals surface area contributed by atoms with Crippen molar-refractivity contribution in [1.29, 1.82) is 0 Å². The smallest absolute Gasteiger partial charge is 0.251 e. The molecule has 1 unspecified atom stereocenters. The maximum absolute atomic E-state index is 12.9. The van der Waals surface area contributed by atoms with E-state index >= 15 is 0 Å². The number of benzene rings is 2. The summed E-state index contributed by atoms with van der Waals surface area (Å²) in [6.45, 7) is 3.38. The van der Waals surface area contributed by atoms with Crippen LogP contribution in [0.5, 0.6) is 0 Å². The van der Waals surface area contributed by atoms with Gasteiger partial charge in [-0.3, -0.25) is 4.79 Å². The molecule has 2 aromatic carbocycles. The second-order valence-corrected chi connectivity index (χ2v) is 9.56. The van der Waals surface area contributed by atoms with Gasteiger partial charge in [0.15, 0.2) is 0 Å². The highest BCUT2D eigenvalue weighted by Crippen LogP contribution is 2.26. The van der Waals surface area contributed by atoms with Crippen molar-refractivity contribution in [2.75, 3.05) is 26.3 Å². The lowest BCUT2D eigenvalue weighted by atomic mass is 10.0. The molecule has 0 bridgehead atoms. The SMILES string of the molecule is CC(NC(=O)c1cccc(S(=O)(=O)N2CCOCC2)c1)c1ccc2c(c1)CCC2. The number of morpholine rings is 1. The van der Waals surface area contributed by atoms with Crippen molar-refractivity contribution in [3.05, 3.63) is 64.7 Å². The lowest BCUT2D eigenvalue weighted by Gasteiger charge is -2.26. The van der Waals surface area contributed by atoms with Gasteiger partial charge in [0.05, 0.1) is 24.2 Å². The highest BCUT2D eigenvalue weighted by molar-refractivity contribution is 7.89. The van der Waals surface area contributed by atoms with Crippen LogP contribution in [0.3, 0.4) is 0 Å². The topological polar surface area (TPSA) is 75.7 Å². The van der Waals surface area contributed by atoms with Gasteiger partial charge < -0.3 is 10.1 Å². The van der Waals surface area contributed by atoms with Gasteiger partial charge in [0, 0.05) is 18.7 Å². The van der Waals surface area contributed by atoms with E-state index in [4.69, 9.17) is 4.74 Å². The number of fused-ring (bicyclic) bond motifs is 1. The molecule has 1 saturated heterocycles.